The van der Waals surface area contributed by atoms with Crippen molar-refractivity contribution in [1.82, 2.24) is 5.32 Å². The first-order valence-corrected chi connectivity index (χ1v) is 4.00. The second kappa shape index (κ2) is 3.95. The standard InChI is InChI=1S/C9H13NO2/c1-7-4-3-5-8(6-7)12-9(11)10-2/h3,5-7H,4H2,1-2H3,(H,10,11). The van der Waals surface area contributed by atoms with E-state index < -0.39 is 6.09 Å². The summed E-state index contributed by atoms with van der Waals surface area (Å²) in [6.45, 7) is 2.08. The largest absolute Gasteiger partial charge is 0.412 e. The van der Waals surface area contributed by atoms with E-state index in [1.807, 2.05) is 18.2 Å². The van der Waals surface area contributed by atoms with Gasteiger partial charge in [-0.25, -0.2) is 4.79 Å². The van der Waals surface area contributed by atoms with Gasteiger partial charge in [-0.15, -0.1) is 0 Å². The molecule has 0 aromatic heterocycles. The SMILES string of the molecule is CNC(=O)OC1=CC(C)CC=C1. The van der Waals surface area contributed by atoms with Crippen LogP contribution in [0.15, 0.2) is 24.0 Å². The van der Waals surface area contributed by atoms with E-state index in [4.69, 9.17) is 4.74 Å². The summed E-state index contributed by atoms with van der Waals surface area (Å²) in [6.07, 6.45) is 6.36. The fourth-order valence-electron chi connectivity index (χ4n) is 1.03. The minimum atomic E-state index is -0.417. The van der Waals surface area contributed by atoms with Crippen molar-refractivity contribution >= 4 is 6.09 Å². The molecule has 1 aliphatic rings. The molecule has 0 fully saturated rings. The lowest BCUT2D eigenvalue weighted by molar-refractivity contribution is 0.180. The summed E-state index contributed by atoms with van der Waals surface area (Å²) in [4.78, 5) is 10.8. The quantitative estimate of drug-likeness (QED) is 0.647. The number of carbonyl (C=O) groups is 1. The van der Waals surface area contributed by atoms with E-state index in [-0.39, 0.29) is 0 Å². The van der Waals surface area contributed by atoms with E-state index in [1.54, 1.807) is 7.05 Å². The summed E-state index contributed by atoms with van der Waals surface area (Å²) < 4.78 is 4.94. The van der Waals surface area contributed by atoms with E-state index in [9.17, 15) is 4.79 Å². The zero-order valence-corrected chi connectivity index (χ0v) is 7.33. The molecule has 1 N–H and O–H groups in total. The van der Waals surface area contributed by atoms with Crippen molar-refractivity contribution in [3.8, 4) is 0 Å². The number of carbonyl (C=O) groups excluding carboxylic acids is 1. The molecule has 3 nitrogen and oxygen atoms in total. The molecular formula is C9H13NO2. The van der Waals surface area contributed by atoms with Crippen LogP contribution < -0.4 is 5.32 Å². The topological polar surface area (TPSA) is 38.3 Å². The third-order valence-electron chi connectivity index (χ3n) is 1.65. The minimum absolute atomic E-state index is 0.417. The highest BCUT2D eigenvalue weighted by molar-refractivity contribution is 5.68. The van der Waals surface area contributed by atoms with Crippen LogP contribution in [0, 0.1) is 5.92 Å². The van der Waals surface area contributed by atoms with Crippen molar-refractivity contribution in [3.63, 3.8) is 0 Å². The Morgan fingerprint density at radius 1 is 1.75 bits per heavy atom. The normalized spacial score (nSPS) is 21.5. The average Bonchev–Trinajstić information content (AvgIpc) is 2.04. The van der Waals surface area contributed by atoms with Crippen LogP contribution in [0.4, 0.5) is 4.79 Å². The first-order chi connectivity index (χ1) is 5.72. The van der Waals surface area contributed by atoms with Gasteiger partial charge in [-0.05, 0) is 24.5 Å². The van der Waals surface area contributed by atoms with Crippen LogP contribution in [-0.2, 0) is 4.74 Å². The Balaban J connectivity index is 2.52. The van der Waals surface area contributed by atoms with E-state index in [2.05, 4.69) is 12.2 Å². The minimum Gasteiger partial charge on any atom is -0.411 e. The molecule has 1 amide bonds. The van der Waals surface area contributed by atoms with Crippen LogP contribution in [-0.4, -0.2) is 13.1 Å². The molecule has 66 valence electrons. The smallest absolute Gasteiger partial charge is 0.411 e. The number of hydrogen-bond donors (Lipinski definition) is 1. The summed E-state index contributed by atoms with van der Waals surface area (Å²) in [6, 6.07) is 0. The van der Waals surface area contributed by atoms with Crippen LogP contribution in [0.2, 0.25) is 0 Å². The molecule has 3 heteroatoms. The van der Waals surface area contributed by atoms with Gasteiger partial charge < -0.3 is 10.1 Å². The molecule has 12 heavy (non-hydrogen) atoms. The third kappa shape index (κ3) is 2.42. The molecule has 0 aromatic rings. The van der Waals surface area contributed by atoms with Gasteiger partial charge in [-0.3, -0.25) is 0 Å². The van der Waals surface area contributed by atoms with Gasteiger partial charge in [0.25, 0.3) is 0 Å². The molecule has 0 heterocycles. The number of amides is 1. The summed E-state index contributed by atoms with van der Waals surface area (Å²) in [7, 11) is 1.54. The van der Waals surface area contributed by atoms with Crippen LogP contribution in [0.3, 0.4) is 0 Å². The Bertz CT molecular complexity index is 231. The van der Waals surface area contributed by atoms with Crippen LogP contribution >= 0.6 is 0 Å². The Labute approximate surface area is 72.1 Å². The molecule has 0 saturated carbocycles. The lowest BCUT2D eigenvalue weighted by atomic mass is 10.0. The highest BCUT2D eigenvalue weighted by Crippen LogP contribution is 2.16. The van der Waals surface area contributed by atoms with Gasteiger partial charge in [0.2, 0.25) is 0 Å². The van der Waals surface area contributed by atoms with Crippen LogP contribution in [0.25, 0.3) is 0 Å². The van der Waals surface area contributed by atoms with E-state index in [1.165, 1.54) is 0 Å². The Morgan fingerprint density at radius 3 is 3.08 bits per heavy atom. The van der Waals surface area contributed by atoms with Crippen LogP contribution in [0.1, 0.15) is 13.3 Å². The number of allylic oxidation sites excluding steroid dienone is 3. The summed E-state index contributed by atoms with van der Waals surface area (Å²) in [5, 5.41) is 2.39. The average molecular weight is 167 g/mol. The lowest BCUT2D eigenvalue weighted by Crippen LogP contribution is -2.19. The Morgan fingerprint density at radius 2 is 2.50 bits per heavy atom. The summed E-state index contributed by atoms with van der Waals surface area (Å²) in [5.74, 6) is 1.09. The fourth-order valence-corrected chi connectivity index (χ4v) is 1.03. The molecule has 0 saturated heterocycles. The molecule has 0 spiro atoms. The van der Waals surface area contributed by atoms with E-state index in [0.29, 0.717) is 11.7 Å². The summed E-state index contributed by atoms with van der Waals surface area (Å²) >= 11 is 0. The van der Waals surface area contributed by atoms with Crippen molar-refractivity contribution in [1.29, 1.82) is 0 Å². The van der Waals surface area contributed by atoms with Crippen molar-refractivity contribution in [2.45, 2.75) is 13.3 Å². The maximum atomic E-state index is 10.8. The van der Waals surface area contributed by atoms with Crippen molar-refractivity contribution in [2.24, 2.45) is 5.92 Å². The van der Waals surface area contributed by atoms with Gasteiger partial charge >= 0.3 is 6.09 Å². The molecule has 1 atom stereocenters. The Kier molecular flexibility index (Phi) is 2.91. The van der Waals surface area contributed by atoms with Crippen LogP contribution in [0.5, 0.6) is 0 Å². The van der Waals surface area contributed by atoms with Gasteiger partial charge in [-0.1, -0.05) is 13.0 Å². The number of ether oxygens (including phenoxy) is 1. The molecule has 0 bridgehead atoms. The second-order valence-electron chi connectivity index (χ2n) is 2.82. The van der Waals surface area contributed by atoms with Gasteiger partial charge in [-0.2, -0.15) is 0 Å². The summed E-state index contributed by atoms with van der Waals surface area (Å²) in [5.41, 5.74) is 0. The first-order valence-electron chi connectivity index (χ1n) is 4.00. The zero-order chi connectivity index (χ0) is 8.97. The van der Waals surface area contributed by atoms with E-state index in [0.717, 1.165) is 6.42 Å². The number of hydrogen-bond acceptors (Lipinski definition) is 2. The van der Waals surface area contributed by atoms with Crippen molar-refractivity contribution < 1.29 is 9.53 Å². The highest BCUT2D eigenvalue weighted by Gasteiger charge is 2.07. The maximum absolute atomic E-state index is 10.8. The highest BCUT2D eigenvalue weighted by atomic mass is 16.6. The molecule has 1 aliphatic carbocycles. The van der Waals surface area contributed by atoms with Crippen molar-refractivity contribution in [3.05, 3.63) is 24.0 Å². The zero-order valence-electron chi connectivity index (χ0n) is 7.33. The molecule has 1 unspecified atom stereocenters. The van der Waals surface area contributed by atoms with Crippen molar-refractivity contribution in [2.75, 3.05) is 7.05 Å². The van der Waals surface area contributed by atoms with Gasteiger partial charge in [0.05, 0.1) is 0 Å². The second-order valence-corrected chi connectivity index (χ2v) is 2.82. The third-order valence-corrected chi connectivity index (χ3v) is 1.65. The fraction of sp³-hybridized carbons (Fsp3) is 0.444. The monoisotopic (exact) mass is 167 g/mol. The predicted molar refractivity (Wildman–Crippen MR) is 46.5 cm³/mol. The molecule has 0 radical (unpaired) electrons. The Hall–Kier alpha value is -1.25. The molecule has 0 aliphatic heterocycles. The number of nitrogens with one attached hydrogen (secondary N) is 1. The number of rotatable bonds is 1. The molecule has 0 aromatic carbocycles. The molecule has 1 rings (SSSR count). The van der Waals surface area contributed by atoms with Gasteiger partial charge in [0.15, 0.2) is 0 Å². The van der Waals surface area contributed by atoms with Gasteiger partial charge in [0, 0.05) is 7.05 Å². The predicted octanol–water partition coefficient (Wildman–Crippen LogP) is 1.82. The lowest BCUT2D eigenvalue weighted by Gasteiger charge is -2.11. The van der Waals surface area contributed by atoms with Gasteiger partial charge in [0.1, 0.15) is 5.76 Å². The number of alkyl carbamates (subject to hydrolysis) is 1. The van der Waals surface area contributed by atoms with E-state index >= 15 is 0 Å². The maximum Gasteiger partial charge on any atom is 0.412 e. The first kappa shape index (κ1) is 8.84. The molecular weight excluding hydrogens is 154 g/mol.